The quantitative estimate of drug-likeness (QED) is 0.930. The van der Waals surface area contributed by atoms with Gasteiger partial charge in [0.2, 0.25) is 5.91 Å². The third-order valence-electron chi connectivity index (χ3n) is 4.81. The summed E-state index contributed by atoms with van der Waals surface area (Å²) in [6, 6.07) is 5.37. The van der Waals surface area contributed by atoms with Gasteiger partial charge in [-0.1, -0.05) is 30.2 Å². The fourth-order valence-corrected chi connectivity index (χ4v) is 3.38. The average molecular weight is 323 g/mol. The average Bonchev–Trinajstić information content (AvgIpc) is 2.68. The highest BCUT2D eigenvalue weighted by molar-refractivity contribution is 6.32. The van der Waals surface area contributed by atoms with E-state index in [4.69, 9.17) is 11.6 Å². The van der Waals surface area contributed by atoms with Crippen LogP contribution in [0.2, 0.25) is 5.02 Å². The lowest BCUT2D eigenvalue weighted by Gasteiger charge is -2.31. The van der Waals surface area contributed by atoms with Gasteiger partial charge < -0.3 is 10.0 Å². The summed E-state index contributed by atoms with van der Waals surface area (Å²) in [5.41, 5.74) is 0.945. The summed E-state index contributed by atoms with van der Waals surface area (Å²) in [6.45, 7) is 4.20. The minimum Gasteiger partial charge on any atom is -0.506 e. The highest BCUT2D eigenvalue weighted by Crippen LogP contribution is 2.29. The third kappa shape index (κ3) is 3.39. The van der Waals surface area contributed by atoms with Gasteiger partial charge in [-0.25, -0.2) is 0 Å². The molecule has 1 aromatic carbocycles. The van der Waals surface area contributed by atoms with E-state index in [1.54, 1.807) is 6.07 Å². The van der Waals surface area contributed by atoms with E-state index in [0.29, 0.717) is 10.9 Å². The Bertz CT molecular complexity index is 545. The number of rotatable bonds is 3. The standard InChI is InChI=1S/C17H23ClN2O2/c18-16-14(6-2-7-15(16)21)12-19-8-3-9-20(11-10-19)17(22)13-4-1-5-13/h2,6-7,13,21H,1,3-5,8-12H2. The fraction of sp³-hybridized carbons (Fsp3) is 0.588. The summed E-state index contributed by atoms with van der Waals surface area (Å²) in [6.07, 6.45) is 4.33. The zero-order chi connectivity index (χ0) is 15.5. The van der Waals surface area contributed by atoms with Crippen LogP contribution >= 0.6 is 11.6 Å². The van der Waals surface area contributed by atoms with E-state index in [9.17, 15) is 9.90 Å². The molecule has 0 radical (unpaired) electrons. The molecule has 2 fully saturated rings. The first-order valence-electron chi connectivity index (χ1n) is 8.12. The summed E-state index contributed by atoms with van der Waals surface area (Å²) in [7, 11) is 0. The SMILES string of the molecule is O=C(C1CCC1)N1CCCN(Cc2cccc(O)c2Cl)CC1. The van der Waals surface area contributed by atoms with Gasteiger partial charge in [-0.05, 0) is 30.9 Å². The largest absolute Gasteiger partial charge is 0.506 e. The Labute approximate surface area is 136 Å². The van der Waals surface area contributed by atoms with Crippen LogP contribution in [-0.4, -0.2) is 47.0 Å². The molecule has 1 aliphatic carbocycles. The van der Waals surface area contributed by atoms with Crippen molar-refractivity contribution in [2.24, 2.45) is 5.92 Å². The predicted octanol–water partition coefficient (Wildman–Crippen LogP) is 2.88. The Morgan fingerprint density at radius 3 is 2.73 bits per heavy atom. The van der Waals surface area contributed by atoms with Crippen molar-refractivity contribution in [3.63, 3.8) is 0 Å². The summed E-state index contributed by atoms with van der Waals surface area (Å²) < 4.78 is 0. The molecular weight excluding hydrogens is 300 g/mol. The molecule has 3 rings (SSSR count). The van der Waals surface area contributed by atoms with Gasteiger partial charge in [-0.2, -0.15) is 0 Å². The van der Waals surface area contributed by atoms with Gasteiger partial charge in [0.15, 0.2) is 0 Å². The second kappa shape index (κ2) is 6.88. The molecule has 1 amide bonds. The lowest BCUT2D eigenvalue weighted by atomic mass is 9.84. The van der Waals surface area contributed by atoms with Crippen LogP contribution in [0.15, 0.2) is 18.2 Å². The minimum atomic E-state index is 0.135. The molecule has 5 heteroatoms. The minimum absolute atomic E-state index is 0.135. The van der Waals surface area contributed by atoms with Crippen LogP contribution in [0.4, 0.5) is 0 Å². The molecule has 0 bridgehead atoms. The Hall–Kier alpha value is -1.26. The zero-order valence-corrected chi connectivity index (χ0v) is 13.6. The number of hydrogen-bond acceptors (Lipinski definition) is 3. The van der Waals surface area contributed by atoms with Crippen molar-refractivity contribution in [3.05, 3.63) is 28.8 Å². The molecule has 1 saturated heterocycles. The molecule has 2 aliphatic rings. The van der Waals surface area contributed by atoms with Crippen molar-refractivity contribution >= 4 is 17.5 Å². The maximum absolute atomic E-state index is 12.4. The number of nitrogens with zero attached hydrogens (tertiary/aromatic N) is 2. The van der Waals surface area contributed by atoms with Crippen LogP contribution in [0.5, 0.6) is 5.75 Å². The second-order valence-electron chi connectivity index (χ2n) is 6.33. The highest BCUT2D eigenvalue weighted by atomic mass is 35.5. The van der Waals surface area contributed by atoms with E-state index < -0.39 is 0 Å². The molecule has 0 aromatic heterocycles. The zero-order valence-electron chi connectivity index (χ0n) is 12.8. The van der Waals surface area contributed by atoms with Crippen molar-refractivity contribution in [1.29, 1.82) is 0 Å². The van der Waals surface area contributed by atoms with E-state index in [1.807, 2.05) is 17.0 Å². The smallest absolute Gasteiger partial charge is 0.225 e. The Morgan fingerprint density at radius 2 is 2.00 bits per heavy atom. The normalized spacial score (nSPS) is 20.5. The van der Waals surface area contributed by atoms with Crippen LogP contribution in [0.1, 0.15) is 31.2 Å². The number of benzene rings is 1. The number of aromatic hydroxyl groups is 1. The topological polar surface area (TPSA) is 43.8 Å². The molecule has 1 aliphatic heterocycles. The molecule has 1 heterocycles. The van der Waals surface area contributed by atoms with Gasteiger partial charge in [0, 0.05) is 38.6 Å². The van der Waals surface area contributed by atoms with E-state index in [-0.39, 0.29) is 11.7 Å². The van der Waals surface area contributed by atoms with Gasteiger partial charge >= 0.3 is 0 Å². The lowest BCUT2D eigenvalue weighted by Crippen LogP contribution is -2.41. The first-order chi connectivity index (χ1) is 10.6. The Kier molecular flexibility index (Phi) is 4.89. The van der Waals surface area contributed by atoms with Crippen LogP contribution in [-0.2, 0) is 11.3 Å². The van der Waals surface area contributed by atoms with Gasteiger partial charge in [-0.15, -0.1) is 0 Å². The molecular formula is C17H23ClN2O2. The number of carbonyl (C=O) groups excluding carboxylic acids is 1. The van der Waals surface area contributed by atoms with Crippen LogP contribution < -0.4 is 0 Å². The first-order valence-corrected chi connectivity index (χ1v) is 8.50. The maximum atomic E-state index is 12.4. The first kappa shape index (κ1) is 15.6. The number of amides is 1. The third-order valence-corrected chi connectivity index (χ3v) is 5.24. The molecule has 4 nitrogen and oxygen atoms in total. The van der Waals surface area contributed by atoms with E-state index in [2.05, 4.69) is 4.90 Å². The summed E-state index contributed by atoms with van der Waals surface area (Å²) in [5, 5.41) is 10.1. The van der Waals surface area contributed by atoms with Crippen molar-refractivity contribution in [1.82, 2.24) is 9.80 Å². The molecule has 1 saturated carbocycles. The Morgan fingerprint density at radius 1 is 1.18 bits per heavy atom. The van der Waals surface area contributed by atoms with Crippen molar-refractivity contribution < 1.29 is 9.90 Å². The molecule has 1 aromatic rings. The number of hydrogen-bond donors (Lipinski definition) is 1. The lowest BCUT2D eigenvalue weighted by molar-refractivity contribution is -0.138. The fourth-order valence-electron chi connectivity index (χ4n) is 3.19. The van der Waals surface area contributed by atoms with E-state index in [1.165, 1.54) is 6.42 Å². The molecule has 22 heavy (non-hydrogen) atoms. The summed E-state index contributed by atoms with van der Waals surface area (Å²) in [5.74, 6) is 0.770. The molecule has 120 valence electrons. The Balaban J connectivity index is 1.58. The molecule has 0 spiro atoms. The van der Waals surface area contributed by atoms with E-state index in [0.717, 1.165) is 57.5 Å². The van der Waals surface area contributed by atoms with Gasteiger partial charge in [0.1, 0.15) is 5.75 Å². The summed E-state index contributed by atoms with van der Waals surface area (Å²) in [4.78, 5) is 16.7. The number of phenols is 1. The van der Waals surface area contributed by atoms with Gasteiger partial charge in [0.05, 0.1) is 5.02 Å². The van der Waals surface area contributed by atoms with Crippen LogP contribution in [0.25, 0.3) is 0 Å². The number of carbonyl (C=O) groups is 1. The van der Waals surface area contributed by atoms with Crippen molar-refractivity contribution in [3.8, 4) is 5.75 Å². The predicted molar refractivity (Wildman–Crippen MR) is 86.9 cm³/mol. The monoisotopic (exact) mass is 322 g/mol. The molecule has 1 N–H and O–H groups in total. The number of phenolic OH excluding ortho intramolecular Hbond substituents is 1. The van der Waals surface area contributed by atoms with Crippen molar-refractivity contribution in [2.45, 2.75) is 32.2 Å². The second-order valence-corrected chi connectivity index (χ2v) is 6.71. The van der Waals surface area contributed by atoms with Gasteiger partial charge in [0.25, 0.3) is 0 Å². The maximum Gasteiger partial charge on any atom is 0.225 e. The number of halogens is 1. The molecule has 0 unspecified atom stereocenters. The van der Waals surface area contributed by atoms with Gasteiger partial charge in [-0.3, -0.25) is 9.69 Å². The van der Waals surface area contributed by atoms with Crippen LogP contribution in [0.3, 0.4) is 0 Å². The van der Waals surface area contributed by atoms with E-state index >= 15 is 0 Å². The molecule has 0 atom stereocenters. The van der Waals surface area contributed by atoms with Crippen LogP contribution in [0, 0.1) is 5.92 Å². The summed E-state index contributed by atoms with van der Waals surface area (Å²) >= 11 is 6.16. The highest BCUT2D eigenvalue weighted by Gasteiger charge is 2.30. The van der Waals surface area contributed by atoms with Crippen molar-refractivity contribution in [2.75, 3.05) is 26.2 Å².